The summed E-state index contributed by atoms with van der Waals surface area (Å²) in [5.41, 5.74) is -0.905. The first-order chi connectivity index (χ1) is 11.0. The average molecular weight is 337 g/mol. The van der Waals surface area contributed by atoms with E-state index < -0.39 is 21.3 Å². The molecule has 1 saturated carbocycles. The third kappa shape index (κ3) is 3.53. The van der Waals surface area contributed by atoms with E-state index in [2.05, 4.69) is 14.7 Å². The van der Waals surface area contributed by atoms with Gasteiger partial charge in [-0.05, 0) is 31.0 Å². The first-order valence-corrected chi connectivity index (χ1v) is 9.23. The van der Waals surface area contributed by atoms with Gasteiger partial charge in [0.25, 0.3) is 5.56 Å². The molecule has 23 heavy (non-hydrogen) atoms. The molecule has 0 saturated heterocycles. The Bertz CT molecular complexity index is 922. The molecule has 1 aliphatic carbocycles. The second-order valence-corrected chi connectivity index (χ2v) is 7.64. The minimum absolute atomic E-state index is 0.0341. The normalized spacial score (nSPS) is 17.2. The summed E-state index contributed by atoms with van der Waals surface area (Å²) >= 11 is 0. The summed E-state index contributed by atoms with van der Waals surface area (Å²) < 4.78 is 27.8. The van der Waals surface area contributed by atoms with Crippen molar-refractivity contribution in [2.75, 3.05) is 0 Å². The molecule has 1 fully saturated rings. The summed E-state index contributed by atoms with van der Waals surface area (Å²) in [6, 6.07) is 4.07. The molecule has 1 aromatic carbocycles. The van der Waals surface area contributed by atoms with Crippen molar-refractivity contribution in [2.45, 2.75) is 49.5 Å². The van der Waals surface area contributed by atoms with Gasteiger partial charge in [0.05, 0.1) is 15.8 Å². The second kappa shape index (κ2) is 6.29. The highest BCUT2D eigenvalue weighted by Crippen LogP contribution is 2.20. The maximum atomic E-state index is 12.5. The molecule has 1 aromatic heterocycles. The van der Waals surface area contributed by atoms with Gasteiger partial charge < -0.3 is 4.98 Å². The van der Waals surface area contributed by atoms with E-state index in [9.17, 15) is 18.0 Å². The van der Waals surface area contributed by atoms with Crippen molar-refractivity contribution in [2.24, 2.45) is 0 Å². The molecule has 7 nitrogen and oxygen atoms in total. The van der Waals surface area contributed by atoms with Crippen molar-refractivity contribution in [3.8, 4) is 0 Å². The van der Waals surface area contributed by atoms with Gasteiger partial charge in [-0.15, -0.1) is 0 Å². The van der Waals surface area contributed by atoms with Gasteiger partial charge in [-0.1, -0.05) is 25.7 Å². The van der Waals surface area contributed by atoms with Crippen LogP contribution < -0.4 is 16.0 Å². The first-order valence-electron chi connectivity index (χ1n) is 7.74. The lowest BCUT2D eigenvalue weighted by Crippen LogP contribution is -2.34. The summed E-state index contributed by atoms with van der Waals surface area (Å²) in [6.45, 7) is 0. The Morgan fingerprint density at radius 1 is 1.00 bits per heavy atom. The number of sulfonamides is 1. The molecule has 3 N–H and O–H groups in total. The number of rotatable bonds is 3. The largest absolute Gasteiger partial charge is 0.326 e. The molecule has 0 spiro atoms. The SMILES string of the molecule is O=c1[nH]c(=O)c2cc(S(=O)(=O)NC3CCCCCC3)ccc2[nH]1. The standard InChI is InChI=1S/C15H19N3O4S/c19-14-12-9-11(7-8-13(12)16-15(20)17-14)23(21,22)18-10-5-3-1-2-4-6-10/h7-10,18H,1-6H2,(H2,16,17,19,20). The Hall–Kier alpha value is -1.93. The zero-order chi connectivity index (χ0) is 16.4. The van der Waals surface area contributed by atoms with E-state index >= 15 is 0 Å². The molecule has 0 aliphatic heterocycles. The van der Waals surface area contributed by atoms with Crippen LogP contribution in [-0.4, -0.2) is 24.4 Å². The van der Waals surface area contributed by atoms with Crippen LogP contribution in [0.15, 0.2) is 32.7 Å². The van der Waals surface area contributed by atoms with Crippen LogP contribution >= 0.6 is 0 Å². The Morgan fingerprint density at radius 2 is 1.70 bits per heavy atom. The monoisotopic (exact) mass is 337 g/mol. The van der Waals surface area contributed by atoms with Crippen LogP contribution in [0.4, 0.5) is 0 Å². The fourth-order valence-corrected chi connectivity index (χ4v) is 4.33. The molecule has 1 aliphatic rings. The maximum absolute atomic E-state index is 12.5. The number of fused-ring (bicyclic) bond motifs is 1. The minimum Gasteiger partial charge on any atom is -0.307 e. The van der Waals surface area contributed by atoms with Crippen LogP contribution in [0.1, 0.15) is 38.5 Å². The van der Waals surface area contributed by atoms with Gasteiger partial charge in [-0.3, -0.25) is 9.78 Å². The molecule has 124 valence electrons. The molecule has 0 radical (unpaired) electrons. The van der Waals surface area contributed by atoms with E-state index in [1.807, 2.05) is 0 Å². The van der Waals surface area contributed by atoms with Crippen LogP contribution in [0.5, 0.6) is 0 Å². The van der Waals surface area contributed by atoms with Crippen LogP contribution in [0.25, 0.3) is 10.9 Å². The molecule has 0 unspecified atom stereocenters. The van der Waals surface area contributed by atoms with Crippen LogP contribution in [0.2, 0.25) is 0 Å². The second-order valence-electron chi connectivity index (χ2n) is 5.93. The fourth-order valence-electron chi connectivity index (χ4n) is 3.00. The molecule has 1 heterocycles. The number of nitrogens with one attached hydrogen (secondary N) is 3. The van der Waals surface area contributed by atoms with Gasteiger partial charge >= 0.3 is 5.69 Å². The first kappa shape index (κ1) is 15.9. The van der Waals surface area contributed by atoms with Crippen molar-refractivity contribution in [3.05, 3.63) is 39.0 Å². The van der Waals surface area contributed by atoms with Gasteiger partial charge in [-0.2, -0.15) is 0 Å². The number of hydrogen-bond acceptors (Lipinski definition) is 4. The minimum atomic E-state index is -3.69. The van der Waals surface area contributed by atoms with E-state index in [0.717, 1.165) is 38.5 Å². The van der Waals surface area contributed by atoms with Crippen molar-refractivity contribution in [3.63, 3.8) is 0 Å². The van der Waals surface area contributed by atoms with Crippen LogP contribution in [-0.2, 0) is 10.0 Å². The van der Waals surface area contributed by atoms with Crippen molar-refractivity contribution < 1.29 is 8.42 Å². The highest BCUT2D eigenvalue weighted by Gasteiger charge is 2.21. The maximum Gasteiger partial charge on any atom is 0.326 e. The third-order valence-electron chi connectivity index (χ3n) is 4.20. The zero-order valence-electron chi connectivity index (χ0n) is 12.6. The molecule has 0 atom stereocenters. The molecule has 8 heteroatoms. The van der Waals surface area contributed by atoms with Gasteiger partial charge in [0.1, 0.15) is 0 Å². The third-order valence-corrected chi connectivity index (χ3v) is 5.72. The van der Waals surface area contributed by atoms with Gasteiger partial charge in [0, 0.05) is 6.04 Å². The molecular weight excluding hydrogens is 318 g/mol. The number of benzene rings is 1. The van der Waals surface area contributed by atoms with Crippen LogP contribution in [0.3, 0.4) is 0 Å². The smallest absolute Gasteiger partial charge is 0.307 e. The summed E-state index contributed by atoms with van der Waals surface area (Å²) in [5, 5.41) is 0.147. The van der Waals surface area contributed by atoms with E-state index in [1.165, 1.54) is 18.2 Å². The predicted molar refractivity (Wildman–Crippen MR) is 87.0 cm³/mol. The zero-order valence-corrected chi connectivity index (χ0v) is 13.4. The molecule has 0 bridgehead atoms. The molecule has 0 amide bonds. The molecule has 3 rings (SSSR count). The highest BCUT2D eigenvalue weighted by atomic mass is 32.2. The quantitative estimate of drug-likeness (QED) is 0.731. The molecular formula is C15H19N3O4S. The van der Waals surface area contributed by atoms with Crippen molar-refractivity contribution in [1.29, 1.82) is 0 Å². The predicted octanol–water partition coefficient (Wildman–Crippen LogP) is 1.22. The Labute approximate surface area is 133 Å². The number of aromatic amines is 2. The fraction of sp³-hybridized carbons (Fsp3) is 0.467. The topological polar surface area (TPSA) is 112 Å². The number of aromatic nitrogens is 2. The Kier molecular flexibility index (Phi) is 4.36. The van der Waals surface area contributed by atoms with E-state index in [1.54, 1.807) is 0 Å². The van der Waals surface area contributed by atoms with Crippen LogP contribution in [0, 0.1) is 0 Å². The van der Waals surface area contributed by atoms with Crippen molar-refractivity contribution >= 4 is 20.9 Å². The lowest BCUT2D eigenvalue weighted by atomic mass is 10.1. The van der Waals surface area contributed by atoms with Gasteiger partial charge in [0.2, 0.25) is 10.0 Å². The lowest BCUT2D eigenvalue weighted by Gasteiger charge is -2.16. The van der Waals surface area contributed by atoms with E-state index in [4.69, 9.17) is 0 Å². The molecule has 2 aromatic rings. The number of H-pyrrole nitrogens is 2. The highest BCUT2D eigenvalue weighted by molar-refractivity contribution is 7.89. The average Bonchev–Trinajstić information content (AvgIpc) is 2.74. The van der Waals surface area contributed by atoms with Gasteiger partial charge in [-0.25, -0.2) is 17.9 Å². The summed E-state index contributed by atoms with van der Waals surface area (Å²) in [7, 11) is -3.69. The summed E-state index contributed by atoms with van der Waals surface area (Å²) in [4.78, 5) is 27.7. The van der Waals surface area contributed by atoms with Gasteiger partial charge in [0.15, 0.2) is 0 Å². The van der Waals surface area contributed by atoms with Crippen molar-refractivity contribution in [1.82, 2.24) is 14.7 Å². The van der Waals surface area contributed by atoms with E-state index in [0.29, 0.717) is 5.52 Å². The lowest BCUT2D eigenvalue weighted by molar-refractivity contribution is 0.510. The van der Waals surface area contributed by atoms with E-state index in [-0.39, 0.29) is 16.3 Å². The summed E-state index contributed by atoms with van der Waals surface area (Å²) in [6.07, 6.45) is 5.98. The number of hydrogen-bond donors (Lipinski definition) is 3. The Morgan fingerprint density at radius 3 is 2.39 bits per heavy atom. The Balaban J connectivity index is 1.94. The summed E-state index contributed by atoms with van der Waals surface area (Å²) in [5.74, 6) is 0.